The van der Waals surface area contributed by atoms with Crippen LogP contribution in [0.2, 0.25) is 0 Å². The highest BCUT2D eigenvalue weighted by Gasteiger charge is 2.45. The smallest absolute Gasteiger partial charge is 0.242 e. The Balaban J connectivity index is 1.90. The lowest BCUT2D eigenvalue weighted by Crippen LogP contribution is -2.69. The first kappa shape index (κ1) is 10.9. The highest BCUT2D eigenvalue weighted by molar-refractivity contribution is 5.86. The number of nitrogens with one attached hydrogen (secondary N) is 1. The maximum atomic E-state index is 11.3. The Hall–Kier alpha value is -0.610. The molecule has 4 heteroatoms. The summed E-state index contributed by atoms with van der Waals surface area (Å²) in [4.78, 5) is 11.3. The van der Waals surface area contributed by atoms with Gasteiger partial charge in [0.2, 0.25) is 5.91 Å². The quantitative estimate of drug-likeness (QED) is 0.672. The highest BCUT2D eigenvalue weighted by atomic mass is 16.5. The van der Waals surface area contributed by atoms with Gasteiger partial charge in [-0.1, -0.05) is 25.7 Å². The first-order valence-corrected chi connectivity index (χ1v) is 5.88. The Morgan fingerprint density at radius 2 is 1.80 bits per heavy atom. The fraction of sp³-hybridized carbons (Fsp3) is 0.909. The molecular weight excluding hydrogens is 192 g/mol. The maximum Gasteiger partial charge on any atom is 0.242 e. The molecule has 1 saturated carbocycles. The number of amides is 1. The first-order chi connectivity index (χ1) is 7.23. The number of ether oxygens (including phenoxy) is 1. The van der Waals surface area contributed by atoms with Crippen molar-refractivity contribution in [3.05, 3.63) is 0 Å². The molecule has 1 amide bonds. The molecule has 15 heavy (non-hydrogen) atoms. The van der Waals surface area contributed by atoms with Crippen molar-refractivity contribution in [1.82, 2.24) is 5.32 Å². The predicted molar refractivity (Wildman–Crippen MR) is 57.4 cm³/mol. The molecule has 0 radical (unpaired) electrons. The lowest BCUT2D eigenvalue weighted by Gasteiger charge is -2.41. The second-order valence-corrected chi connectivity index (χ2v) is 4.77. The third-order valence-corrected chi connectivity index (χ3v) is 3.50. The topological polar surface area (TPSA) is 64.4 Å². The molecule has 1 heterocycles. The average molecular weight is 212 g/mol. The molecule has 0 unspecified atom stereocenters. The Morgan fingerprint density at radius 3 is 2.20 bits per heavy atom. The molecule has 1 aliphatic carbocycles. The molecule has 3 N–H and O–H groups in total. The van der Waals surface area contributed by atoms with E-state index in [9.17, 15) is 4.79 Å². The Morgan fingerprint density at radius 1 is 1.20 bits per heavy atom. The van der Waals surface area contributed by atoms with Gasteiger partial charge >= 0.3 is 0 Å². The molecule has 0 aromatic heterocycles. The van der Waals surface area contributed by atoms with Crippen LogP contribution in [-0.4, -0.2) is 30.7 Å². The van der Waals surface area contributed by atoms with Crippen molar-refractivity contribution in [1.29, 1.82) is 0 Å². The van der Waals surface area contributed by atoms with Crippen LogP contribution in [-0.2, 0) is 9.53 Å². The monoisotopic (exact) mass is 212 g/mol. The average Bonchev–Trinajstić information content (AvgIpc) is 2.38. The summed E-state index contributed by atoms with van der Waals surface area (Å²) < 4.78 is 5.11. The van der Waals surface area contributed by atoms with Gasteiger partial charge in [0.15, 0.2) is 0 Å². The molecule has 0 atom stereocenters. The van der Waals surface area contributed by atoms with E-state index in [4.69, 9.17) is 10.5 Å². The van der Waals surface area contributed by atoms with Gasteiger partial charge in [0, 0.05) is 6.04 Å². The molecule has 0 spiro atoms. The number of hydrogen-bond donors (Lipinski definition) is 2. The van der Waals surface area contributed by atoms with E-state index >= 15 is 0 Å². The number of nitrogens with two attached hydrogens (primary N) is 1. The number of primary amides is 1. The van der Waals surface area contributed by atoms with Crippen molar-refractivity contribution < 1.29 is 9.53 Å². The van der Waals surface area contributed by atoms with Gasteiger partial charge in [0.25, 0.3) is 0 Å². The van der Waals surface area contributed by atoms with Crippen molar-refractivity contribution in [2.75, 3.05) is 13.2 Å². The van der Waals surface area contributed by atoms with E-state index in [0.29, 0.717) is 19.3 Å². The predicted octanol–water partition coefficient (Wildman–Crippen LogP) is 0.553. The van der Waals surface area contributed by atoms with Crippen LogP contribution in [0.1, 0.15) is 38.5 Å². The van der Waals surface area contributed by atoms with E-state index in [1.165, 1.54) is 25.7 Å². The van der Waals surface area contributed by atoms with Crippen LogP contribution in [0.3, 0.4) is 0 Å². The van der Waals surface area contributed by atoms with Gasteiger partial charge in [-0.05, 0) is 12.8 Å². The molecule has 1 saturated heterocycles. The van der Waals surface area contributed by atoms with Crippen LogP contribution >= 0.6 is 0 Å². The molecule has 86 valence electrons. The first-order valence-electron chi connectivity index (χ1n) is 5.88. The largest absolute Gasteiger partial charge is 0.376 e. The lowest BCUT2D eigenvalue weighted by atomic mass is 9.93. The Bertz CT molecular complexity index is 231. The summed E-state index contributed by atoms with van der Waals surface area (Å²) in [5.74, 6) is -0.266. The van der Waals surface area contributed by atoms with E-state index in [1.807, 2.05) is 0 Å². The Labute approximate surface area is 90.5 Å². The standard InChI is InChI=1S/C11H20N2O2/c12-10(14)11(7-15-8-11)13-9-5-3-1-2-4-6-9/h9,13H,1-8H2,(H2,12,14). The summed E-state index contributed by atoms with van der Waals surface area (Å²) in [6.07, 6.45) is 7.47. The summed E-state index contributed by atoms with van der Waals surface area (Å²) in [5, 5.41) is 3.41. The normalized spacial score (nSPS) is 26.7. The number of hydrogen-bond acceptors (Lipinski definition) is 3. The fourth-order valence-corrected chi connectivity index (χ4v) is 2.42. The van der Waals surface area contributed by atoms with Crippen molar-refractivity contribution >= 4 is 5.91 Å². The highest BCUT2D eigenvalue weighted by Crippen LogP contribution is 2.23. The SMILES string of the molecule is NC(=O)C1(NC2CCCCCC2)COC1. The second kappa shape index (κ2) is 4.49. The molecule has 0 bridgehead atoms. The zero-order chi connectivity index (χ0) is 10.7. The van der Waals surface area contributed by atoms with E-state index in [1.54, 1.807) is 0 Å². The van der Waals surface area contributed by atoms with E-state index in [-0.39, 0.29) is 5.91 Å². The minimum absolute atomic E-state index is 0.266. The van der Waals surface area contributed by atoms with Crippen molar-refractivity contribution in [3.63, 3.8) is 0 Å². The van der Waals surface area contributed by atoms with Crippen molar-refractivity contribution in [3.8, 4) is 0 Å². The number of carbonyl (C=O) groups is 1. The summed E-state index contributed by atoms with van der Waals surface area (Å²) in [6.45, 7) is 0.887. The van der Waals surface area contributed by atoms with Crippen molar-refractivity contribution in [2.45, 2.75) is 50.1 Å². The minimum Gasteiger partial charge on any atom is -0.376 e. The van der Waals surface area contributed by atoms with E-state index in [0.717, 1.165) is 12.8 Å². The van der Waals surface area contributed by atoms with Gasteiger partial charge in [-0.3, -0.25) is 10.1 Å². The summed E-state index contributed by atoms with van der Waals surface area (Å²) >= 11 is 0. The van der Waals surface area contributed by atoms with Gasteiger partial charge in [-0.25, -0.2) is 0 Å². The number of rotatable bonds is 3. The number of carbonyl (C=O) groups excluding carboxylic acids is 1. The molecule has 0 aromatic carbocycles. The third-order valence-electron chi connectivity index (χ3n) is 3.50. The van der Waals surface area contributed by atoms with Gasteiger partial charge < -0.3 is 10.5 Å². The summed E-state index contributed by atoms with van der Waals surface area (Å²) in [7, 11) is 0. The van der Waals surface area contributed by atoms with Crippen LogP contribution in [0.4, 0.5) is 0 Å². The zero-order valence-electron chi connectivity index (χ0n) is 9.13. The molecule has 2 aliphatic rings. The van der Waals surface area contributed by atoms with Gasteiger partial charge in [0.05, 0.1) is 13.2 Å². The van der Waals surface area contributed by atoms with Crippen LogP contribution in [0.5, 0.6) is 0 Å². The van der Waals surface area contributed by atoms with E-state index < -0.39 is 5.54 Å². The minimum atomic E-state index is -0.561. The van der Waals surface area contributed by atoms with Gasteiger partial charge in [-0.15, -0.1) is 0 Å². The summed E-state index contributed by atoms with van der Waals surface area (Å²) in [6, 6.07) is 0.448. The van der Waals surface area contributed by atoms with E-state index in [2.05, 4.69) is 5.32 Å². The molecule has 0 aromatic rings. The van der Waals surface area contributed by atoms with Crippen LogP contribution in [0, 0.1) is 0 Å². The van der Waals surface area contributed by atoms with Crippen LogP contribution < -0.4 is 11.1 Å². The maximum absolute atomic E-state index is 11.3. The Kier molecular flexibility index (Phi) is 3.26. The lowest BCUT2D eigenvalue weighted by molar-refractivity contribution is -0.146. The summed E-state index contributed by atoms with van der Waals surface area (Å²) in [5.41, 5.74) is 4.85. The van der Waals surface area contributed by atoms with Crippen LogP contribution in [0.15, 0.2) is 0 Å². The zero-order valence-corrected chi connectivity index (χ0v) is 9.13. The molecular formula is C11H20N2O2. The molecule has 1 aliphatic heterocycles. The third kappa shape index (κ3) is 2.32. The second-order valence-electron chi connectivity index (χ2n) is 4.77. The van der Waals surface area contributed by atoms with Gasteiger partial charge in [-0.2, -0.15) is 0 Å². The fourth-order valence-electron chi connectivity index (χ4n) is 2.42. The molecule has 2 rings (SSSR count). The molecule has 2 fully saturated rings. The van der Waals surface area contributed by atoms with Crippen molar-refractivity contribution in [2.24, 2.45) is 5.73 Å². The molecule has 4 nitrogen and oxygen atoms in total. The van der Waals surface area contributed by atoms with Crippen LogP contribution in [0.25, 0.3) is 0 Å². The van der Waals surface area contributed by atoms with Gasteiger partial charge in [0.1, 0.15) is 5.54 Å².